The summed E-state index contributed by atoms with van der Waals surface area (Å²) in [5.74, 6) is 0. The summed E-state index contributed by atoms with van der Waals surface area (Å²) in [4.78, 5) is 17.5. The highest BCUT2D eigenvalue weighted by atomic mass is 32.1. The summed E-state index contributed by atoms with van der Waals surface area (Å²) < 4.78 is 0. The zero-order valence-electron chi connectivity index (χ0n) is 12.3. The van der Waals surface area contributed by atoms with Crippen molar-refractivity contribution in [3.8, 4) is 0 Å². The predicted molar refractivity (Wildman–Crippen MR) is 79.9 cm³/mol. The van der Waals surface area contributed by atoms with Crippen molar-refractivity contribution in [2.75, 3.05) is 0 Å². The Hall–Kier alpha value is -1.14. The molecule has 2 rings (SSSR count). The van der Waals surface area contributed by atoms with E-state index >= 15 is 0 Å². The second-order valence-corrected chi connectivity index (χ2v) is 6.76. The minimum atomic E-state index is -0.196. The Morgan fingerprint density at radius 3 is 2.55 bits per heavy atom. The fourth-order valence-electron chi connectivity index (χ4n) is 2.66. The maximum Gasteiger partial charge on any atom is 0.315 e. The average Bonchev–Trinajstić information content (AvgIpc) is 2.71. The van der Waals surface area contributed by atoms with Crippen molar-refractivity contribution in [3.05, 3.63) is 15.6 Å². The summed E-state index contributed by atoms with van der Waals surface area (Å²) in [6, 6.07) is 0.00891. The summed E-state index contributed by atoms with van der Waals surface area (Å²) in [5, 5.41) is 16.4. The smallest absolute Gasteiger partial charge is 0.315 e. The normalized spacial score (nSPS) is 24.2. The minimum absolute atomic E-state index is 0.0321. The van der Waals surface area contributed by atoms with Gasteiger partial charge in [-0.25, -0.2) is 9.78 Å². The Bertz CT molecular complexity index is 467. The van der Waals surface area contributed by atoms with Crippen LogP contribution in [0.15, 0.2) is 0 Å². The van der Waals surface area contributed by atoms with E-state index in [2.05, 4.69) is 15.6 Å². The third-order valence-corrected chi connectivity index (χ3v) is 4.97. The van der Waals surface area contributed by atoms with Gasteiger partial charge in [0, 0.05) is 10.9 Å². The Morgan fingerprint density at radius 1 is 1.35 bits per heavy atom. The fourth-order valence-corrected chi connectivity index (χ4v) is 3.59. The second kappa shape index (κ2) is 6.54. The molecule has 0 saturated heterocycles. The molecule has 0 aromatic carbocycles. The first-order chi connectivity index (χ1) is 9.45. The van der Waals surface area contributed by atoms with Crippen LogP contribution < -0.4 is 10.6 Å². The zero-order valence-corrected chi connectivity index (χ0v) is 13.1. The van der Waals surface area contributed by atoms with Crippen molar-refractivity contribution in [3.63, 3.8) is 0 Å². The molecule has 1 atom stereocenters. The van der Waals surface area contributed by atoms with E-state index in [1.54, 1.807) is 11.3 Å². The second-order valence-electron chi connectivity index (χ2n) is 5.53. The summed E-state index contributed by atoms with van der Waals surface area (Å²) in [6.07, 6.45) is 3.04. The van der Waals surface area contributed by atoms with Crippen LogP contribution in [-0.4, -0.2) is 28.3 Å². The lowest BCUT2D eigenvalue weighted by atomic mass is 9.93. The molecule has 0 bridgehead atoms. The first-order valence-corrected chi connectivity index (χ1v) is 7.96. The van der Waals surface area contributed by atoms with Gasteiger partial charge in [-0.1, -0.05) is 0 Å². The van der Waals surface area contributed by atoms with Gasteiger partial charge in [-0.15, -0.1) is 11.3 Å². The number of carbonyl (C=O) groups excluding carboxylic acids is 1. The van der Waals surface area contributed by atoms with Crippen LogP contribution in [0.3, 0.4) is 0 Å². The number of amides is 2. The van der Waals surface area contributed by atoms with E-state index in [1.807, 2.05) is 20.8 Å². The molecule has 112 valence electrons. The Balaban J connectivity index is 1.83. The van der Waals surface area contributed by atoms with Crippen molar-refractivity contribution in [1.82, 2.24) is 15.6 Å². The number of thiazole rings is 1. The van der Waals surface area contributed by atoms with Crippen LogP contribution in [0.5, 0.6) is 0 Å². The summed E-state index contributed by atoms with van der Waals surface area (Å²) in [5.41, 5.74) is 0.987. The first kappa shape index (κ1) is 15.3. The van der Waals surface area contributed by atoms with Crippen molar-refractivity contribution in [1.29, 1.82) is 0 Å². The molecular formula is C14H23N3O2S. The molecule has 3 N–H and O–H groups in total. The van der Waals surface area contributed by atoms with Gasteiger partial charge in [-0.2, -0.15) is 0 Å². The van der Waals surface area contributed by atoms with Gasteiger partial charge >= 0.3 is 6.03 Å². The molecule has 6 heteroatoms. The number of nitrogens with one attached hydrogen (secondary N) is 2. The van der Waals surface area contributed by atoms with Crippen molar-refractivity contribution < 1.29 is 9.90 Å². The number of aliphatic hydroxyl groups is 1. The molecule has 20 heavy (non-hydrogen) atoms. The van der Waals surface area contributed by atoms with Crippen LogP contribution in [0, 0.1) is 13.8 Å². The van der Waals surface area contributed by atoms with Gasteiger partial charge in [-0.05, 0) is 46.5 Å². The molecule has 0 radical (unpaired) electrons. The zero-order chi connectivity index (χ0) is 14.7. The molecule has 1 aromatic rings. The Labute approximate surface area is 123 Å². The number of urea groups is 1. The van der Waals surface area contributed by atoms with Gasteiger partial charge in [0.25, 0.3) is 0 Å². The van der Waals surface area contributed by atoms with E-state index in [0.29, 0.717) is 0 Å². The molecular weight excluding hydrogens is 274 g/mol. The number of rotatable bonds is 3. The quantitative estimate of drug-likeness (QED) is 0.802. The number of aromatic nitrogens is 1. The van der Waals surface area contributed by atoms with Crippen LogP contribution >= 0.6 is 11.3 Å². The van der Waals surface area contributed by atoms with Crippen molar-refractivity contribution >= 4 is 17.4 Å². The molecule has 0 aliphatic heterocycles. The summed E-state index contributed by atoms with van der Waals surface area (Å²) >= 11 is 1.62. The molecule has 1 saturated carbocycles. The maximum absolute atomic E-state index is 12.0. The van der Waals surface area contributed by atoms with E-state index in [1.165, 1.54) is 0 Å². The fraction of sp³-hybridized carbons (Fsp3) is 0.714. The standard InChI is InChI=1S/C14H23N3O2S/c1-8-13(20-10(3)15-8)9(2)16-14(19)17-11-4-6-12(18)7-5-11/h9,11-12,18H,4-7H2,1-3H3,(H2,16,17,19). The third kappa shape index (κ3) is 3.93. The number of nitrogens with zero attached hydrogens (tertiary/aromatic N) is 1. The Kier molecular flexibility index (Phi) is 4.99. The van der Waals surface area contributed by atoms with Crippen LogP contribution in [0.1, 0.15) is 54.2 Å². The molecule has 1 aromatic heterocycles. The predicted octanol–water partition coefficient (Wildman–Crippen LogP) is 2.42. The molecule has 1 unspecified atom stereocenters. The van der Waals surface area contributed by atoms with E-state index < -0.39 is 0 Å². The maximum atomic E-state index is 12.0. The third-order valence-electron chi connectivity index (χ3n) is 3.71. The Morgan fingerprint density at radius 2 is 2.00 bits per heavy atom. The van der Waals surface area contributed by atoms with Crippen LogP contribution in [0.2, 0.25) is 0 Å². The highest BCUT2D eigenvalue weighted by Crippen LogP contribution is 2.24. The minimum Gasteiger partial charge on any atom is -0.393 e. The van der Waals surface area contributed by atoms with Gasteiger partial charge in [-0.3, -0.25) is 0 Å². The van der Waals surface area contributed by atoms with Crippen molar-refractivity contribution in [2.24, 2.45) is 0 Å². The lowest BCUT2D eigenvalue weighted by Crippen LogP contribution is -2.44. The van der Waals surface area contributed by atoms with E-state index in [0.717, 1.165) is 41.3 Å². The topological polar surface area (TPSA) is 74.2 Å². The molecule has 5 nitrogen and oxygen atoms in total. The SMILES string of the molecule is Cc1nc(C)c(C(C)NC(=O)NC2CCC(O)CC2)s1. The van der Waals surface area contributed by atoms with Crippen LogP contribution in [-0.2, 0) is 0 Å². The van der Waals surface area contributed by atoms with Crippen molar-refractivity contribution in [2.45, 2.75) is 64.6 Å². The molecule has 0 spiro atoms. The number of aryl methyl sites for hydroxylation is 2. The molecule has 1 fully saturated rings. The largest absolute Gasteiger partial charge is 0.393 e. The monoisotopic (exact) mass is 297 g/mol. The average molecular weight is 297 g/mol. The summed E-state index contributed by atoms with van der Waals surface area (Å²) in [6.45, 7) is 5.92. The lowest BCUT2D eigenvalue weighted by Gasteiger charge is -2.26. The van der Waals surface area contributed by atoms with Gasteiger partial charge < -0.3 is 15.7 Å². The van der Waals surface area contributed by atoms with E-state index in [9.17, 15) is 9.90 Å². The van der Waals surface area contributed by atoms with E-state index in [4.69, 9.17) is 0 Å². The molecule has 2 amide bonds. The number of carbonyl (C=O) groups is 1. The van der Waals surface area contributed by atoms with Gasteiger partial charge in [0.2, 0.25) is 0 Å². The van der Waals surface area contributed by atoms with Gasteiger partial charge in [0.05, 0.1) is 22.8 Å². The van der Waals surface area contributed by atoms with Crippen LogP contribution in [0.25, 0.3) is 0 Å². The number of hydrogen-bond donors (Lipinski definition) is 3. The highest BCUT2D eigenvalue weighted by molar-refractivity contribution is 7.11. The molecule has 1 heterocycles. The molecule has 1 aliphatic carbocycles. The highest BCUT2D eigenvalue weighted by Gasteiger charge is 2.22. The first-order valence-electron chi connectivity index (χ1n) is 7.14. The molecule has 1 aliphatic rings. The van der Waals surface area contributed by atoms with Crippen LogP contribution in [0.4, 0.5) is 4.79 Å². The summed E-state index contributed by atoms with van der Waals surface area (Å²) in [7, 11) is 0. The number of hydrogen-bond acceptors (Lipinski definition) is 4. The number of aliphatic hydroxyl groups excluding tert-OH is 1. The van der Waals surface area contributed by atoms with Gasteiger partial charge in [0.15, 0.2) is 0 Å². The van der Waals surface area contributed by atoms with Gasteiger partial charge in [0.1, 0.15) is 0 Å². The van der Waals surface area contributed by atoms with E-state index in [-0.39, 0.29) is 24.2 Å². The lowest BCUT2D eigenvalue weighted by molar-refractivity contribution is 0.117.